The predicted molar refractivity (Wildman–Crippen MR) is 99.0 cm³/mol. The van der Waals surface area contributed by atoms with Crippen LogP contribution in [0.1, 0.15) is 18.1 Å². The van der Waals surface area contributed by atoms with Gasteiger partial charge in [-0.05, 0) is 55.3 Å². The SMILES string of the molecule is Cc1ccc(/C=C/C(=O)Nc2ccc3c(c2)NC(=O)C(C)O3)cc1Cl. The number of nitrogens with one attached hydrogen (secondary N) is 2. The van der Waals surface area contributed by atoms with E-state index >= 15 is 0 Å². The van der Waals surface area contributed by atoms with Crippen molar-refractivity contribution in [1.29, 1.82) is 0 Å². The van der Waals surface area contributed by atoms with E-state index in [1.165, 1.54) is 6.08 Å². The average molecular weight is 357 g/mol. The van der Waals surface area contributed by atoms with Gasteiger partial charge in [0.15, 0.2) is 6.10 Å². The van der Waals surface area contributed by atoms with Gasteiger partial charge < -0.3 is 15.4 Å². The van der Waals surface area contributed by atoms with Crippen molar-refractivity contribution in [1.82, 2.24) is 0 Å². The maximum Gasteiger partial charge on any atom is 0.265 e. The molecule has 0 spiro atoms. The summed E-state index contributed by atoms with van der Waals surface area (Å²) in [6, 6.07) is 10.7. The summed E-state index contributed by atoms with van der Waals surface area (Å²) in [5.74, 6) is 0.0788. The summed E-state index contributed by atoms with van der Waals surface area (Å²) >= 11 is 6.07. The summed E-state index contributed by atoms with van der Waals surface area (Å²) in [5.41, 5.74) is 2.92. The van der Waals surface area contributed by atoms with Crippen LogP contribution in [0, 0.1) is 6.92 Å². The zero-order valence-electron chi connectivity index (χ0n) is 13.8. The molecular weight excluding hydrogens is 340 g/mol. The minimum Gasteiger partial charge on any atom is -0.479 e. The van der Waals surface area contributed by atoms with Crippen LogP contribution in [0.2, 0.25) is 5.02 Å². The molecule has 0 aromatic heterocycles. The van der Waals surface area contributed by atoms with Gasteiger partial charge >= 0.3 is 0 Å². The standard InChI is InChI=1S/C19H17ClN2O3/c1-11-3-4-13(9-15(11)20)5-8-18(23)21-14-6-7-17-16(10-14)22-19(24)12(2)25-17/h3-10,12H,1-2H3,(H,21,23)(H,22,24)/b8-5+. The number of ether oxygens (including phenoxy) is 1. The third-order valence-electron chi connectivity index (χ3n) is 3.80. The minimum atomic E-state index is -0.530. The Kier molecular flexibility index (Phi) is 4.76. The Morgan fingerprint density at radius 2 is 2.08 bits per heavy atom. The highest BCUT2D eigenvalue weighted by Gasteiger charge is 2.23. The zero-order chi connectivity index (χ0) is 18.0. The molecule has 0 saturated carbocycles. The van der Waals surface area contributed by atoms with E-state index in [4.69, 9.17) is 16.3 Å². The first-order chi connectivity index (χ1) is 11.9. The Morgan fingerprint density at radius 1 is 1.28 bits per heavy atom. The molecule has 5 nitrogen and oxygen atoms in total. The molecule has 25 heavy (non-hydrogen) atoms. The molecule has 1 atom stereocenters. The second-order valence-electron chi connectivity index (χ2n) is 5.79. The van der Waals surface area contributed by atoms with Crippen LogP contribution in [0.5, 0.6) is 5.75 Å². The quantitative estimate of drug-likeness (QED) is 0.816. The first-order valence-corrected chi connectivity index (χ1v) is 8.17. The molecule has 0 bridgehead atoms. The fourth-order valence-corrected chi connectivity index (χ4v) is 2.54. The number of aryl methyl sites for hydroxylation is 1. The summed E-state index contributed by atoms with van der Waals surface area (Å²) in [6.45, 7) is 3.60. The van der Waals surface area contributed by atoms with E-state index in [-0.39, 0.29) is 11.8 Å². The highest BCUT2D eigenvalue weighted by Crippen LogP contribution is 2.32. The van der Waals surface area contributed by atoms with Crippen molar-refractivity contribution in [3.8, 4) is 5.75 Å². The fraction of sp³-hybridized carbons (Fsp3) is 0.158. The molecule has 1 heterocycles. The lowest BCUT2D eigenvalue weighted by Crippen LogP contribution is -2.34. The lowest BCUT2D eigenvalue weighted by Gasteiger charge is -2.23. The molecule has 1 aliphatic heterocycles. The van der Waals surface area contributed by atoms with Gasteiger partial charge in [0, 0.05) is 16.8 Å². The van der Waals surface area contributed by atoms with Crippen LogP contribution in [0.3, 0.4) is 0 Å². The molecule has 1 unspecified atom stereocenters. The Bertz CT molecular complexity index is 877. The Labute approximate surface area is 150 Å². The molecule has 0 aliphatic carbocycles. The van der Waals surface area contributed by atoms with Gasteiger partial charge in [-0.25, -0.2) is 0 Å². The van der Waals surface area contributed by atoms with Crippen molar-refractivity contribution >= 4 is 40.9 Å². The van der Waals surface area contributed by atoms with Crippen LogP contribution in [0.15, 0.2) is 42.5 Å². The average Bonchev–Trinajstić information content (AvgIpc) is 2.57. The fourth-order valence-electron chi connectivity index (χ4n) is 2.36. The third kappa shape index (κ3) is 4.00. The molecular formula is C19H17ClN2O3. The molecule has 3 rings (SSSR count). The number of carbonyl (C=O) groups excluding carboxylic acids is 2. The van der Waals surface area contributed by atoms with Gasteiger partial charge in [0.05, 0.1) is 5.69 Å². The number of fused-ring (bicyclic) bond motifs is 1. The summed E-state index contributed by atoms with van der Waals surface area (Å²) in [4.78, 5) is 23.7. The van der Waals surface area contributed by atoms with Crippen molar-refractivity contribution < 1.29 is 14.3 Å². The molecule has 2 aromatic rings. The first-order valence-electron chi connectivity index (χ1n) is 7.79. The number of benzene rings is 2. The van der Waals surface area contributed by atoms with Gasteiger partial charge in [-0.2, -0.15) is 0 Å². The summed E-state index contributed by atoms with van der Waals surface area (Å²) < 4.78 is 5.48. The van der Waals surface area contributed by atoms with Crippen molar-refractivity contribution in [2.24, 2.45) is 0 Å². The van der Waals surface area contributed by atoms with Crippen LogP contribution >= 0.6 is 11.6 Å². The number of amides is 2. The van der Waals surface area contributed by atoms with Crippen LogP contribution in [0.25, 0.3) is 6.08 Å². The van der Waals surface area contributed by atoms with Crippen molar-refractivity contribution in [3.05, 3.63) is 58.6 Å². The normalized spacial score (nSPS) is 16.1. The maximum atomic E-state index is 12.1. The van der Waals surface area contributed by atoms with Gasteiger partial charge in [-0.3, -0.25) is 9.59 Å². The van der Waals surface area contributed by atoms with Crippen LogP contribution < -0.4 is 15.4 Å². The largest absolute Gasteiger partial charge is 0.479 e. The highest BCUT2D eigenvalue weighted by molar-refractivity contribution is 6.31. The number of halogens is 1. The number of hydrogen-bond acceptors (Lipinski definition) is 3. The summed E-state index contributed by atoms with van der Waals surface area (Å²) in [6.07, 6.45) is 2.58. The Morgan fingerprint density at radius 3 is 2.84 bits per heavy atom. The summed E-state index contributed by atoms with van der Waals surface area (Å²) in [7, 11) is 0. The zero-order valence-corrected chi connectivity index (χ0v) is 14.6. The van der Waals surface area contributed by atoms with Crippen molar-refractivity contribution in [2.75, 3.05) is 10.6 Å². The first kappa shape index (κ1) is 17.0. The van der Waals surface area contributed by atoms with E-state index in [0.29, 0.717) is 22.1 Å². The molecule has 2 aromatic carbocycles. The van der Waals surface area contributed by atoms with E-state index < -0.39 is 6.10 Å². The smallest absolute Gasteiger partial charge is 0.265 e. The molecule has 2 N–H and O–H groups in total. The second-order valence-corrected chi connectivity index (χ2v) is 6.20. The van der Waals surface area contributed by atoms with Gasteiger partial charge in [0.2, 0.25) is 5.91 Å². The predicted octanol–water partition coefficient (Wildman–Crippen LogP) is 4.02. The van der Waals surface area contributed by atoms with Gasteiger partial charge in [-0.15, -0.1) is 0 Å². The van der Waals surface area contributed by atoms with Crippen molar-refractivity contribution in [2.45, 2.75) is 20.0 Å². The lowest BCUT2D eigenvalue weighted by atomic mass is 10.1. The third-order valence-corrected chi connectivity index (χ3v) is 4.21. The van der Waals surface area contributed by atoms with E-state index in [9.17, 15) is 9.59 Å². The van der Waals surface area contributed by atoms with Gasteiger partial charge in [0.25, 0.3) is 5.91 Å². The molecule has 0 radical (unpaired) electrons. The monoisotopic (exact) mass is 356 g/mol. The van der Waals surface area contributed by atoms with Crippen LogP contribution in [-0.2, 0) is 9.59 Å². The number of anilines is 2. The van der Waals surface area contributed by atoms with Crippen molar-refractivity contribution in [3.63, 3.8) is 0 Å². The lowest BCUT2D eigenvalue weighted by molar-refractivity contribution is -0.122. The molecule has 1 aliphatic rings. The van der Waals surface area contributed by atoms with Gasteiger partial charge in [0.1, 0.15) is 5.75 Å². The van der Waals surface area contributed by atoms with E-state index in [1.807, 2.05) is 19.1 Å². The van der Waals surface area contributed by atoms with E-state index in [0.717, 1.165) is 11.1 Å². The van der Waals surface area contributed by atoms with Gasteiger partial charge in [-0.1, -0.05) is 23.7 Å². The molecule has 0 saturated heterocycles. The maximum absolute atomic E-state index is 12.1. The number of carbonyl (C=O) groups is 2. The summed E-state index contributed by atoms with van der Waals surface area (Å²) in [5, 5.41) is 6.15. The Balaban J connectivity index is 1.69. The molecule has 2 amide bonds. The molecule has 128 valence electrons. The minimum absolute atomic E-state index is 0.216. The van der Waals surface area contributed by atoms with E-state index in [2.05, 4.69) is 10.6 Å². The van der Waals surface area contributed by atoms with Crippen LogP contribution in [-0.4, -0.2) is 17.9 Å². The number of rotatable bonds is 3. The van der Waals surface area contributed by atoms with E-state index in [1.54, 1.807) is 37.3 Å². The Hall–Kier alpha value is -2.79. The topological polar surface area (TPSA) is 67.4 Å². The molecule has 6 heteroatoms. The second kappa shape index (κ2) is 6.99. The number of hydrogen-bond donors (Lipinski definition) is 2. The molecule has 0 fully saturated rings. The highest BCUT2D eigenvalue weighted by atomic mass is 35.5. The van der Waals surface area contributed by atoms with Crippen LogP contribution in [0.4, 0.5) is 11.4 Å².